The Hall–Kier alpha value is -1.14. The Balaban J connectivity index is 1.11. The van der Waals surface area contributed by atoms with Gasteiger partial charge in [0.2, 0.25) is 11.8 Å². The Morgan fingerprint density at radius 2 is 1.62 bits per heavy atom. The second-order valence-electron chi connectivity index (χ2n) is 10.3. The minimum atomic E-state index is -0.109. The molecule has 0 spiro atoms. The van der Waals surface area contributed by atoms with Gasteiger partial charge in [-0.2, -0.15) is 0 Å². The lowest BCUT2D eigenvalue weighted by atomic mass is 9.49. The molecular formula is C23H39N3O3. The van der Waals surface area contributed by atoms with Crippen molar-refractivity contribution in [1.29, 1.82) is 0 Å². The molecular weight excluding hydrogens is 366 g/mol. The predicted octanol–water partition coefficient (Wildman–Crippen LogP) is 2.18. The highest BCUT2D eigenvalue weighted by atomic mass is 16.5. The molecule has 5 rings (SSSR count). The van der Waals surface area contributed by atoms with E-state index in [1.165, 1.54) is 19.3 Å². The van der Waals surface area contributed by atoms with E-state index in [4.69, 9.17) is 4.74 Å². The van der Waals surface area contributed by atoms with Crippen molar-refractivity contribution in [3.63, 3.8) is 0 Å². The lowest BCUT2D eigenvalue weighted by Gasteiger charge is -2.55. The van der Waals surface area contributed by atoms with E-state index in [1.54, 1.807) is 7.11 Å². The van der Waals surface area contributed by atoms with Crippen molar-refractivity contribution in [2.75, 3.05) is 46.4 Å². The fourth-order valence-electron chi connectivity index (χ4n) is 6.85. The molecule has 0 unspecified atom stereocenters. The number of nitrogens with one attached hydrogen (secondary N) is 2. The zero-order chi connectivity index (χ0) is 20.3. The number of carbonyl (C=O) groups is 2. The summed E-state index contributed by atoms with van der Waals surface area (Å²) >= 11 is 0. The molecule has 164 valence electrons. The van der Waals surface area contributed by atoms with Crippen LogP contribution in [0.3, 0.4) is 0 Å². The van der Waals surface area contributed by atoms with Gasteiger partial charge in [0, 0.05) is 38.6 Å². The first-order chi connectivity index (χ1) is 14.1. The molecule has 4 saturated carbocycles. The van der Waals surface area contributed by atoms with Crippen molar-refractivity contribution >= 4 is 11.8 Å². The lowest BCUT2D eigenvalue weighted by Crippen LogP contribution is -2.53. The molecule has 1 saturated heterocycles. The fraction of sp³-hybridized carbons (Fsp3) is 0.913. The molecule has 29 heavy (non-hydrogen) atoms. The fourth-order valence-corrected chi connectivity index (χ4v) is 6.85. The van der Waals surface area contributed by atoms with E-state index in [0.29, 0.717) is 18.9 Å². The third kappa shape index (κ3) is 5.13. The number of likely N-dealkylation sites (tertiary alicyclic amines) is 1. The third-order valence-electron chi connectivity index (χ3n) is 8.06. The molecule has 4 aliphatic carbocycles. The standard InChI is InChI=1S/C23H39N3O3/c1-29-9-8-26-6-3-17(4-7-26)16-25-21(27)2-5-24-22(28)23-13-18-10-19(14-23)12-20(11-18)15-23/h17-20H,2-16H2,1H3,(H,24,28)(H,25,27). The molecule has 0 aromatic heterocycles. The molecule has 0 radical (unpaired) electrons. The van der Waals surface area contributed by atoms with Crippen molar-refractivity contribution < 1.29 is 14.3 Å². The van der Waals surface area contributed by atoms with E-state index in [-0.39, 0.29) is 17.2 Å². The molecule has 5 aliphatic rings. The average Bonchev–Trinajstić information content (AvgIpc) is 2.70. The lowest BCUT2D eigenvalue weighted by molar-refractivity contribution is -0.146. The second-order valence-corrected chi connectivity index (χ2v) is 10.3. The number of nitrogens with zero attached hydrogens (tertiary/aromatic N) is 1. The number of carbonyl (C=O) groups excluding carboxylic acids is 2. The Labute approximate surface area is 175 Å². The van der Waals surface area contributed by atoms with Crippen LogP contribution in [0.15, 0.2) is 0 Å². The van der Waals surface area contributed by atoms with Crippen molar-refractivity contribution in [1.82, 2.24) is 15.5 Å². The van der Waals surface area contributed by atoms with E-state index >= 15 is 0 Å². The highest BCUT2D eigenvalue weighted by molar-refractivity contribution is 5.84. The van der Waals surface area contributed by atoms with Gasteiger partial charge in [-0.1, -0.05) is 0 Å². The summed E-state index contributed by atoms with van der Waals surface area (Å²) in [6.07, 6.45) is 9.95. The molecule has 2 N–H and O–H groups in total. The summed E-state index contributed by atoms with van der Waals surface area (Å²) in [5.41, 5.74) is -0.109. The summed E-state index contributed by atoms with van der Waals surface area (Å²) in [6, 6.07) is 0. The molecule has 6 heteroatoms. The van der Waals surface area contributed by atoms with Crippen LogP contribution >= 0.6 is 0 Å². The second kappa shape index (κ2) is 9.34. The first-order valence-corrected chi connectivity index (χ1v) is 11.8. The maximum absolute atomic E-state index is 12.9. The van der Waals surface area contributed by atoms with Crippen LogP contribution in [-0.2, 0) is 14.3 Å². The number of rotatable bonds is 9. The van der Waals surface area contributed by atoms with Gasteiger partial charge in [-0.15, -0.1) is 0 Å². The van der Waals surface area contributed by atoms with Crippen LogP contribution in [0.1, 0.15) is 57.8 Å². The van der Waals surface area contributed by atoms with Gasteiger partial charge in [-0.05, 0) is 88.1 Å². The Morgan fingerprint density at radius 3 is 2.21 bits per heavy atom. The zero-order valence-electron chi connectivity index (χ0n) is 18.1. The molecule has 5 fully saturated rings. The SMILES string of the molecule is COCCN1CCC(CNC(=O)CCNC(=O)C23CC4CC(CC(C4)C2)C3)CC1. The molecule has 4 bridgehead atoms. The van der Waals surface area contributed by atoms with E-state index < -0.39 is 0 Å². The van der Waals surface area contributed by atoms with Gasteiger partial charge in [0.25, 0.3) is 0 Å². The quantitative estimate of drug-likeness (QED) is 0.617. The van der Waals surface area contributed by atoms with Crippen LogP contribution in [0.4, 0.5) is 0 Å². The maximum atomic E-state index is 12.9. The Bertz CT molecular complexity index is 551. The van der Waals surface area contributed by atoms with Gasteiger partial charge in [-0.3, -0.25) is 9.59 Å². The topological polar surface area (TPSA) is 70.7 Å². The highest BCUT2D eigenvalue weighted by Crippen LogP contribution is 2.60. The maximum Gasteiger partial charge on any atom is 0.226 e. The number of hydrogen-bond donors (Lipinski definition) is 2. The zero-order valence-corrected chi connectivity index (χ0v) is 18.1. The number of ether oxygens (including phenoxy) is 1. The van der Waals surface area contributed by atoms with Crippen LogP contribution in [0.2, 0.25) is 0 Å². The van der Waals surface area contributed by atoms with Crippen molar-refractivity contribution in [3.8, 4) is 0 Å². The molecule has 0 aromatic carbocycles. The van der Waals surface area contributed by atoms with Gasteiger partial charge in [0.1, 0.15) is 0 Å². The predicted molar refractivity (Wildman–Crippen MR) is 112 cm³/mol. The minimum Gasteiger partial charge on any atom is -0.383 e. The van der Waals surface area contributed by atoms with Crippen LogP contribution in [0, 0.1) is 29.1 Å². The summed E-state index contributed by atoms with van der Waals surface area (Å²) < 4.78 is 5.14. The number of hydrogen-bond acceptors (Lipinski definition) is 4. The van der Waals surface area contributed by atoms with Crippen molar-refractivity contribution in [2.45, 2.75) is 57.8 Å². The summed E-state index contributed by atoms with van der Waals surface area (Å²) in [5, 5.41) is 6.20. The molecule has 0 aromatic rings. The summed E-state index contributed by atoms with van der Waals surface area (Å²) in [4.78, 5) is 27.6. The largest absolute Gasteiger partial charge is 0.383 e. The van der Waals surface area contributed by atoms with Crippen LogP contribution in [-0.4, -0.2) is 63.2 Å². The van der Waals surface area contributed by atoms with Crippen LogP contribution in [0.5, 0.6) is 0 Å². The Kier molecular flexibility index (Phi) is 6.80. The molecule has 6 nitrogen and oxygen atoms in total. The number of methoxy groups -OCH3 is 1. The van der Waals surface area contributed by atoms with Gasteiger partial charge >= 0.3 is 0 Å². The molecule has 0 atom stereocenters. The minimum absolute atomic E-state index is 0.0672. The Morgan fingerprint density at radius 1 is 1.00 bits per heavy atom. The third-order valence-corrected chi connectivity index (χ3v) is 8.06. The van der Waals surface area contributed by atoms with Crippen LogP contribution < -0.4 is 10.6 Å². The summed E-state index contributed by atoms with van der Waals surface area (Å²) in [5.74, 6) is 3.19. The van der Waals surface area contributed by atoms with E-state index in [9.17, 15) is 9.59 Å². The average molecular weight is 406 g/mol. The smallest absolute Gasteiger partial charge is 0.226 e. The number of piperidine rings is 1. The summed E-state index contributed by atoms with van der Waals surface area (Å²) in [7, 11) is 1.74. The van der Waals surface area contributed by atoms with Gasteiger partial charge < -0.3 is 20.3 Å². The first kappa shape index (κ1) is 21.1. The monoisotopic (exact) mass is 405 g/mol. The van der Waals surface area contributed by atoms with Gasteiger partial charge in [0.15, 0.2) is 0 Å². The van der Waals surface area contributed by atoms with E-state index in [2.05, 4.69) is 15.5 Å². The van der Waals surface area contributed by atoms with Gasteiger partial charge in [-0.25, -0.2) is 0 Å². The van der Waals surface area contributed by atoms with E-state index in [1.807, 2.05) is 0 Å². The summed E-state index contributed by atoms with van der Waals surface area (Å²) in [6.45, 7) is 5.20. The van der Waals surface area contributed by atoms with Crippen molar-refractivity contribution in [2.24, 2.45) is 29.1 Å². The van der Waals surface area contributed by atoms with E-state index in [0.717, 1.165) is 82.6 Å². The molecule has 1 aliphatic heterocycles. The molecule has 2 amide bonds. The highest BCUT2D eigenvalue weighted by Gasteiger charge is 2.54. The number of amides is 2. The first-order valence-electron chi connectivity index (χ1n) is 11.8. The normalized spacial score (nSPS) is 34.3. The van der Waals surface area contributed by atoms with Crippen LogP contribution in [0.25, 0.3) is 0 Å². The van der Waals surface area contributed by atoms with Gasteiger partial charge in [0.05, 0.1) is 6.61 Å². The molecule has 1 heterocycles. The van der Waals surface area contributed by atoms with Crippen molar-refractivity contribution in [3.05, 3.63) is 0 Å².